The Bertz CT molecular complexity index is 723. The number of thiol groups is 1. The molecule has 2 fully saturated rings. The van der Waals surface area contributed by atoms with E-state index in [1.807, 2.05) is 4.90 Å². The molecular weight excluding hydrogens is 389 g/mol. The number of carbonyl (C=O) groups excluding carboxylic acids is 2. The van der Waals surface area contributed by atoms with E-state index in [-0.39, 0.29) is 35.2 Å². The summed E-state index contributed by atoms with van der Waals surface area (Å²) in [6.45, 7) is 3.10. The molecule has 0 bridgehead atoms. The Morgan fingerprint density at radius 1 is 1.33 bits per heavy atom. The van der Waals surface area contributed by atoms with Crippen molar-refractivity contribution in [1.82, 2.24) is 4.90 Å². The van der Waals surface area contributed by atoms with Gasteiger partial charge in [-0.2, -0.15) is 12.6 Å². The smallest absolute Gasteiger partial charge is 0.330 e. The van der Waals surface area contributed by atoms with Gasteiger partial charge in [0.05, 0.1) is 12.6 Å². The van der Waals surface area contributed by atoms with Gasteiger partial charge in [0, 0.05) is 35.9 Å². The van der Waals surface area contributed by atoms with E-state index >= 15 is 0 Å². The van der Waals surface area contributed by atoms with Gasteiger partial charge >= 0.3 is 5.97 Å². The van der Waals surface area contributed by atoms with Crippen molar-refractivity contribution >= 4 is 36.8 Å². The number of ether oxygens (including phenoxy) is 1. The summed E-state index contributed by atoms with van der Waals surface area (Å²) in [5.41, 5.74) is 1.22. The third kappa shape index (κ3) is 5.33. The molecule has 7 heteroatoms. The molecule has 0 aromatic heterocycles. The molecule has 3 rings (SSSR count). The van der Waals surface area contributed by atoms with Crippen molar-refractivity contribution < 1.29 is 18.7 Å². The summed E-state index contributed by atoms with van der Waals surface area (Å²) >= 11 is 4.56. The summed E-state index contributed by atoms with van der Waals surface area (Å²) < 4.78 is 19.4. The predicted molar refractivity (Wildman–Crippen MR) is 108 cm³/mol. The van der Waals surface area contributed by atoms with E-state index in [9.17, 15) is 14.0 Å². The summed E-state index contributed by atoms with van der Waals surface area (Å²) in [6.07, 6.45) is 3.90. The lowest BCUT2D eigenvalue weighted by Crippen LogP contribution is -2.42. The molecule has 1 heterocycles. The first kappa shape index (κ1) is 21.9. The van der Waals surface area contributed by atoms with Crippen LogP contribution in [0.4, 0.5) is 4.39 Å². The number of rotatable bonds is 6. The normalized spacial score (nSPS) is 22.8. The first-order valence-corrected chi connectivity index (χ1v) is 9.60. The second kappa shape index (κ2) is 9.71. The summed E-state index contributed by atoms with van der Waals surface area (Å²) in [5.74, 6) is -0.677. The third-order valence-corrected chi connectivity index (χ3v) is 5.50. The maximum Gasteiger partial charge on any atom is 0.330 e. The standard InChI is InChI=1S/C20H24FNO3S.ClH/c1-2-25-18(23)11-14-12-22(10-9-17(14)26)19(20(24)13-7-8-13)15-5-3-4-6-16(15)21;/h3-6,11,13,17,19,26H,2,7-10,12H2,1H3;1H/b14-11-;. The number of piperidine rings is 1. The zero-order valence-electron chi connectivity index (χ0n) is 15.3. The van der Waals surface area contributed by atoms with Gasteiger partial charge in [0.25, 0.3) is 0 Å². The molecule has 1 aromatic carbocycles. The molecule has 2 atom stereocenters. The van der Waals surface area contributed by atoms with E-state index in [0.29, 0.717) is 31.7 Å². The van der Waals surface area contributed by atoms with E-state index in [0.717, 1.165) is 18.4 Å². The van der Waals surface area contributed by atoms with Crippen LogP contribution >= 0.6 is 25.0 Å². The van der Waals surface area contributed by atoms with Gasteiger partial charge in [0.15, 0.2) is 5.78 Å². The first-order valence-electron chi connectivity index (χ1n) is 9.08. The number of ketones is 1. The van der Waals surface area contributed by atoms with Crippen LogP contribution in [0.1, 0.15) is 37.8 Å². The number of nitrogens with zero attached hydrogens (tertiary/aromatic N) is 1. The molecule has 0 N–H and O–H groups in total. The predicted octanol–water partition coefficient (Wildman–Crippen LogP) is 3.76. The second-order valence-electron chi connectivity index (χ2n) is 6.85. The Balaban J connectivity index is 0.00000261. The molecule has 2 unspecified atom stereocenters. The van der Waals surface area contributed by atoms with E-state index in [2.05, 4.69) is 12.6 Å². The number of halogens is 2. The van der Waals surface area contributed by atoms with E-state index < -0.39 is 12.0 Å². The quantitative estimate of drug-likeness (QED) is 0.438. The van der Waals surface area contributed by atoms with Crippen molar-refractivity contribution in [2.75, 3.05) is 19.7 Å². The molecule has 1 aliphatic carbocycles. The minimum atomic E-state index is -0.616. The number of benzene rings is 1. The average Bonchev–Trinajstić information content (AvgIpc) is 3.45. The molecular formula is C20H25ClFNO3S. The number of hydrogen-bond acceptors (Lipinski definition) is 5. The van der Waals surface area contributed by atoms with Gasteiger partial charge in [-0.05, 0) is 37.8 Å². The molecule has 1 saturated heterocycles. The topological polar surface area (TPSA) is 46.6 Å². The van der Waals surface area contributed by atoms with Crippen molar-refractivity contribution in [1.29, 1.82) is 0 Å². The van der Waals surface area contributed by atoms with Crippen LogP contribution in [0.3, 0.4) is 0 Å². The fourth-order valence-electron chi connectivity index (χ4n) is 3.41. The lowest BCUT2D eigenvalue weighted by molar-refractivity contribution is -0.137. The van der Waals surface area contributed by atoms with Gasteiger partial charge in [0.2, 0.25) is 0 Å². The SMILES string of the molecule is CCOC(=O)/C=C1/CN(C(C(=O)C2CC2)c2ccccc2F)CCC1S.Cl. The van der Waals surface area contributed by atoms with Gasteiger partial charge in [-0.25, -0.2) is 9.18 Å². The number of esters is 1. The zero-order valence-corrected chi connectivity index (χ0v) is 17.0. The molecule has 0 radical (unpaired) electrons. The van der Waals surface area contributed by atoms with E-state index in [1.54, 1.807) is 25.1 Å². The van der Waals surface area contributed by atoms with Crippen LogP contribution in [-0.4, -0.2) is 41.6 Å². The van der Waals surface area contributed by atoms with Crippen molar-refractivity contribution in [2.45, 2.75) is 37.5 Å². The van der Waals surface area contributed by atoms with Crippen LogP contribution < -0.4 is 0 Å². The van der Waals surface area contributed by atoms with Gasteiger partial charge in [-0.3, -0.25) is 9.69 Å². The highest BCUT2D eigenvalue weighted by Crippen LogP contribution is 2.39. The van der Waals surface area contributed by atoms with Crippen molar-refractivity contribution in [3.63, 3.8) is 0 Å². The van der Waals surface area contributed by atoms with Gasteiger partial charge in [-0.1, -0.05) is 18.2 Å². The molecule has 148 valence electrons. The minimum Gasteiger partial charge on any atom is -0.463 e. The van der Waals surface area contributed by atoms with E-state index in [1.165, 1.54) is 12.1 Å². The molecule has 27 heavy (non-hydrogen) atoms. The molecule has 1 aromatic rings. The Labute approximate surface area is 171 Å². The lowest BCUT2D eigenvalue weighted by Gasteiger charge is -2.37. The Morgan fingerprint density at radius 2 is 2.04 bits per heavy atom. The van der Waals surface area contributed by atoms with Crippen LogP contribution in [0.5, 0.6) is 0 Å². The number of carbonyl (C=O) groups is 2. The molecule has 2 aliphatic rings. The highest BCUT2D eigenvalue weighted by Gasteiger charge is 2.40. The van der Waals surface area contributed by atoms with Gasteiger partial charge in [0.1, 0.15) is 5.82 Å². The van der Waals surface area contributed by atoms with Crippen LogP contribution in [0, 0.1) is 11.7 Å². The average molecular weight is 414 g/mol. The molecule has 1 aliphatic heterocycles. The van der Waals surface area contributed by atoms with Crippen LogP contribution in [0.15, 0.2) is 35.9 Å². The molecule has 0 amide bonds. The van der Waals surface area contributed by atoms with Crippen molar-refractivity contribution in [3.05, 3.63) is 47.3 Å². The number of hydrogen-bond donors (Lipinski definition) is 1. The van der Waals surface area contributed by atoms with Crippen LogP contribution in [0.25, 0.3) is 0 Å². The van der Waals surface area contributed by atoms with Gasteiger partial charge in [-0.15, -0.1) is 12.4 Å². The maximum absolute atomic E-state index is 14.4. The number of likely N-dealkylation sites (tertiary alicyclic amines) is 1. The molecule has 4 nitrogen and oxygen atoms in total. The monoisotopic (exact) mass is 413 g/mol. The second-order valence-corrected chi connectivity index (χ2v) is 7.47. The summed E-state index contributed by atoms with van der Waals surface area (Å²) in [4.78, 5) is 26.7. The Kier molecular flexibility index (Phi) is 7.89. The minimum absolute atomic E-state index is 0. The molecule has 1 saturated carbocycles. The molecule has 0 spiro atoms. The zero-order chi connectivity index (χ0) is 18.7. The highest BCUT2D eigenvalue weighted by atomic mass is 35.5. The van der Waals surface area contributed by atoms with Crippen molar-refractivity contribution in [2.24, 2.45) is 5.92 Å². The highest BCUT2D eigenvalue weighted by molar-refractivity contribution is 7.81. The summed E-state index contributed by atoms with van der Waals surface area (Å²) in [7, 11) is 0. The van der Waals surface area contributed by atoms with E-state index in [4.69, 9.17) is 4.74 Å². The number of Topliss-reactive ketones (excluding diaryl/α,β-unsaturated/α-hetero) is 1. The fourth-order valence-corrected chi connectivity index (χ4v) is 3.68. The Morgan fingerprint density at radius 3 is 2.67 bits per heavy atom. The first-order chi connectivity index (χ1) is 12.5. The van der Waals surface area contributed by atoms with Crippen LogP contribution in [-0.2, 0) is 14.3 Å². The lowest BCUT2D eigenvalue weighted by atomic mass is 9.93. The van der Waals surface area contributed by atoms with Gasteiger partial charge < -0.3 is 4.74 Å². The third-order valence-electron chi connectivity index (χ3n) is 4.91. The summed E-state index contributed by atoms with van der Waals surface area (Å²) in [6, 6.07) is 5.84. The fraction of sp³-hybridized carbons (Fsp3) is 0.500. The maximum atomic E-state index is 14.4. The Hall–Kier alpha value is -1.37. The largest absolute Gasteiger partial charge is 0.463 e. The van der Waals surface area contributed by atoms with Crippen molar-refractivity contribution in [3.8, 4) is 0 Å². The van der Waals surface area contributed by atoms with Crippen LogP contribution in [0.2, 0.25) is 0 Å². The summed E-state index contributed by atoms with van der Waals surface area (Å²) in [5, 5.41) is -0.0621.